The lowest BCUT2D eigenvalue weighted by molar-refractivity contribution is -0.0881. The average Bonchev–Trinajstić information content (AvgIpc) is 2.89. The van der Waals surface area contributed by atoms with Gasteiger partial charge in [-0.1, -0.05) is 68.4 Å². The molecular weight excluding hydrogens is 556 g/mol. The average molecular weight is 587 g/mol. The molecule has 38 heavy (non-hydrogen) atoms. The number of rotatable bonds is 14. The Morgan fingerprint density at radius 3 is 1.87 bits per heavy atom. The fourth-order valence-corrected chi connectivity index (χ4v) is 6.02. The summed E-state index contributed by atoms with van der Waals surface area (Å²) in [5, 5.41) is -0.123. The van der Waals surface area contributed by atoms with Crippen molar-refractivity contribution in [1.82, 2.24) is 0 Å². The summed E-state index contributed by atoms with van der Waals surface area (Å²) in [5.41, 5.74) is 3.97. The molecule has 0 saturated heterocycles. The van der Waals surface area contributed by atoms with Gasteiger partial charge in [-0.3, -0.25) is 9.13 Å². The van der Waals surface area contributed by atoms with Crippen LogP contribution in [0.4, 0.5) is 9.05 Å². The van der Waals surface area contributed by atoms with Gasteiger partial charge in [0.25, 0.3) is 0 Å². The molecule has 0 atom stereocenters. The maximum atomic E-state index is 12.2. The highest BCUT2D eigenvalue weighted by Gasteiger charge is 2.28. The number of benzene rings is 3. The largest absolute Gasteiger partial charge is 0.493 e. The van der Waals surface area contributed by atoms with E-state index in [2.05, 4.69) is 23.3 Å². The summed E-state index contributed by atoms with van der Waals surface area (Å²) in [5.74, 6) is 2.02. The molecule has 0 amide bonds. The molecule has 0 bridgehead atoms. The maximum absolute atomic E-state index is 12.2. The van der Waals surface area contributed by atoms with Crippen LogP contribution in [0.5, 0.6) is 5.75 Å². The Kier molecular flexibility index (Phi) is 11.1. The minimum Gasteiger partial charge on any atom is -0.493 e. The van der Waals surface area contributed by atoms with Crippen LogP contribution in [0.3, 0.4) is 0 Å². The second-order valence-electron chi connectivity index (χ2n) is 9.17. The first kappa shape index (κ1) is 30.5. The van der Waals surface area contributed by atoms with E-state index in [1.807, 2.05) is 24.3 Å². The van der Waals surface area contributed by atoms with Gasteiger partial charge in [0.1, 0.15) is 11.1 Å². The van der Waals surface area contributed by atoms with Gasteiger partial charge in [0, 0.05) is 11.5 Å². The Labute approximate surface area is 225 Å². The zero-order valence-corrected chi connectivity index (χ0v) is 23.6. The topological polar surface area (TPSA) is 102 Å². The highest BCUT2D eigenvalue weighted by molar-refractivity contribution is 7.97. The third kappa shape index (κ3) is 9.02. The van der Waals surface area contributed by atoms with E-state index in [1.165, 1.54) is 6.07 Å². The van der Waals surface area contributed by atoms with E-state index in [0.29, 0.717) is 29.4 Å². The molecule has 0 saturated carbocycles. The summed E-state index contributed by atoms with van der Waals surface area (Å²) in [6, 6.07) is 19.4. The first-order chi connectivity index (χ1) is 18.0. The number of halogens is 2. The van der Waals surface area contributed by atoms with Crippen molar-refractivity contribution in [3.05, 3.63) is 83.4 Å². The number of hydrogen-bond donors (Lipinski definition) is 2. The molecule has 7 nitrogen and oxygen atoms in total. The van der Waals surface area contributed by atoms with Gasteiger partial charge in [-0.05, 0) is 61.3 Å². The van der Waals surface area contributed by atoms with Gasteiger partial charge >= 0.3 is 15.2 Å². The van der Waals surface area contributed by atoms with E-state index in [4.69, 9.17) is 4.74 Å². The Bertz CT molecular complexity index is 1270. The Morgan fingerprint density at radius 1 is 0.816 bits per heavy atom. The highest BCUT2D eigenvalue weighted by atomic mass is 32.2. The number of thioether (sulfide) groups is 1. The van der Waals surface area contributed by atoms with Gasteiger partial charge in [0.05, 0.1) is 12.8 Å². The first-order valence-electron chi connectivity index (χ1n) is 11.8. The molecule has 0 aromatic heterocycles. The minimum absolute atomic E-state index is 0.123. The molecule has 2 N–H and O–H groups in total. The summed E-state index contributed by atoms with van der Waals surface area (Å²) in [7, 11) is -8.94. The second-order valence-corrected chi connectivity index (χ2v) is 13.5. The highest BCUT2D eigenvalue weighted by Crippen LogP contribution is 2.52. The SMILES string of the molecule is CC(C)CCOc1ccc(-c2ccc(CSCc3ccc(CP(=O)(OF)OF)cc3)cc2)cc1P(=O)(O)O. The van der Waals surface area contributed by atoms with Crippen LogP contribution in [0.25, 0.3) is 11.1 Å². The van der Waals surface area contributed by atoms with Crippen LogP contribution < -0.4 is 10.0 Å². The maximum Gasteiger partial charge on any atom is 0.399 e. The van der Waals surface area contributed by atoms with Gasteiger partial charge in [-0.15, -0.1) is 9.46 Å². The van der Waals surface area contributed by atoms with E-state index < -0.39 is 21.4 Å². The van der Waals surface area contributed by atoms with Crippen LogP contribution in [0, 0.1) is 5.92 Å². The van der Waals surface area contributed by atoms with Crippen molar-refractivity contribution in [3.8, 4) is 16.9 Å². The quantitative estimate of drug-likeness (QED) is 0.187. The van der Waals surface area contributed by atoms with Crippen molar-refractivity contribution in [2.75, 3.05) is 6.61 Å². The smallest absolute Gasteiger partial charge is 0.399 e. The van der Waals surface area contributed by atoms with E-state index >= 15 is 0 Å². The van der Waals surface area contributed by atoms with Crippen molar-refractivity contribution < 1.29 is 42.2 Å². The predicted molar refractivity (Wildman–Crippen MR) is 146 cm³/mol. The van der Waals surface area contributed by atoms with Crippen LogP contribution in [0.15, 0.2) is 66.7 Å². The van der Waals surface area contributed by atoms with Crippen LogP contribution >= 0.6 is 27.0 Å². The van der Waals surface area contributed by atoms with Gasteiger partial charge in [-0.2, -0.15) is 11.8 Å². The lowest BCUT2D eigenvalue weighted by Crippen LogP contribution is -2.12. The molecule has 3 rings (SSSR count). The summed E-state index contributed by atoms with van der Waals surface area (Å²) in [4.78, 5) is 19.7. The summed E-state index contributed by atoms with van der Waals surface area (Å²) in [6.45, 7) is 4.48. The van der Waals surface area contributed by atoms with Crippen molar-refractivity contribution in [2.45, 2.75) is 37.9 Å². The first-order valence-corrected chi connectivity index (χ1v) is 16.3. The van der Waals surface area contributed by atoms with Crippen LogP contribution in [-0.2, 0) is 36.3 Å². The Hall–Kier alpha value is -2.03. The summed E-state index contributed by atoms with van der Waals surface area (Å²) >= 11 is 1.66. The molecule has 3 aromatic carbocycles. The molecule has 0 aliphatic rings. The van der Waals surface area contributed by atoms with Crippen LogP contribution in [-0.4, -0.2) is 16.4 Å². The fraction of sp³-hybridized carbons (Fsp3) is 0.308. The minimum atomic E-state index is -4.53. The number of ether oxygens (including phenoxy) is 1. The summed E-state index contributed by atoms with van der Waals surface area (Å²) in [6.07, 6.45) is 0.269. The van der Waals surface area contributed by atoms with Gasteiger partial charge in [0.15, 0.2) is 0 Å². The lowest BCUT2D eigenvalue weighted by Gasteiger charge is -2.15. The molecule has 0 aliphatic heterocycles. The predicted octanol–water partition coefficient (Wildman–Crippen LogP) is 7.51. The van der Waals surface area contributed by atoms with Crippen molar-refractivity contribution in [3.63, 3.8) is 0 Å². The van der Waals surface area contributed by atoms with Gasteiger partial charge in [-0.25, -0.2) is 0 Å². The molecule has 12 heteroatoms. The second kappa shape index (κ2) is 13.9. The van der Waals surface area contributed by atoms with E-state index in [0.717, 1.165) is 28.9 Å². The van der Waals surface area contributed by atoms with Crippen LogP contribution in [0.1, 0.15) is 37.0 Å². The van der Waals surface area contributed by atoms with E-state index in [9.17, 15) is 28.0 Å². The third-order valence-corrected chi connectivity index (χ3v) is 8.88. The standard InChI is InChI=1S/C26H30F2O7P2S/c1-19(2)13-14-33-25-12-11-24(15-26(25)37(30,31)32)23-9-7-22(8-10-23)18-38-17-21-5-3-20(4-6-21)16-36(29,34-27)35-28/h3-12,15,19H,13-14,16-18H2,1-2H3,(H2,30,31,32). The zero-order chi connectivity index (χ0) is 27.8. The summed E-state index contributed by atoms with van der Waals surface area (Å²) < 4.78 is 60.0. The third-order valence-electron chi connectivity index (χ3n) is 5.66. The fourth-order valence-electron chi connectivity index (χ4n) is 3.56. The Balaban J connectivity index is 1.59. The molecule has 0 unspecified atom stereocenters. The number of hydrogen-bond acceptors (Lipinski definition) is 6. The van der Waals surface area contributed by atoms with Crippen molar-refractivity contribution in [2.24, 2.45) is 5.92 Å². The van der Waals surface area contributed by atoms with Crippen molar-refractivity contribution in [1.29, 1.82) is 0 Å². The lowest BCUT2D eigenvalue weighted by atomic mass is 10.0. The molecule has 0 fully saturated rings. The van der Waals surface area contributed by atoms with Gasteiger partial charge in [0.2, 0.25) is 0 Å². The van der Waals surface area contributed by atoms with E-state index in [-0.39, 0.29) is 11.1 Å². The van der Waals surface area contributed by atoms with Crippen LogP contribution in [0.2, 0.25) is 0 Å². The molecule has 0 spiro atoms. The molecule has 0 aliphatic carbocycles. The van der Waals surface area contributed by atoms with Gasteiger partial charge < -0.3 is 14.5 Å². The Morgan fingerprint density at radius 2 is 1.34 bits per heavy atom. The molecule has 0 radical (unpaired) electrons. The molecule has 0 heterocycles. The normalized spacial score (nSPS) is 12.2. The zero-order valence-electron chi connectivity index (χ0n) is 21.0. The molecule has 3 aromatic rings. The van der Waals surface area contributed by atoms with E-state index in [1.54, 1.807) is 48.2 Å². The monoisotopic (exact) mass is 586 g/mol. The van der Waals surface area contributed by atoms with Crippen molar-refractivity contribution >= 4 is 32.3 Å². The molecule has 206 valence electrons. The molecular formula is C26H30F2O7P2S.